The maximum absolute atomic E-state index is 5.51. The molecule has 2 nitrogen and oxygen atoms in total. The number of benzene rings is 1. The zero-order valence-electron chi connectivity index (χ0n) is 11.5. The van der Waals surface area contributed by atoms with Gasteiger partial charge in [0.1, 0.15) is 0 Å². The summed E-state index contributed by atoms with van der Waals surface area (Å²) in [5.41, 5.74) is 8.05. The highest BCUT2D eigenvalue weighted by Gasteiger charge is 1.95. The van der Waals surface area contributed by atoms with Crippen molar-refractivity contribution in [1.29, 1.82) is 0 Å². The van der Waals surface area contributed by atoms with Gasteiger partial charge in [0.15, 0.2) is 0 Å². The van der Waals surface area contributed by atoms with E-state index >= 15 is 0 Å². The fraction of sp³-hybridized carbons (Fsp3) is 0.600. The quantitative estimate of drug-likeness (QED) is 0.735. The molecule has 0 atom stereocenters. The van der Waals surface area contributed by atoms with Crippen molar-refractivity contribution < 1.29 is 6.16 Å². The first kappa shape index (κ1) is 16.1. The number of nitrogens with two attached hydrogens (primary N) is 1. The van der Waals surface area contributed by atoms with E-state index in [-0.39, 0.29) is 1.43 Å². The lowest BCUT2D eigenvalue weighted by atomic mass is 10.1. The van der Waals surface area contributed by atoms with E-state index in [0.717, 1.165) is 19.4 Å². The molecule has 1 aromatic rings. The molecule has 0 spiro atoms. The van der Waals surface area contributed by atoms with E-state index < -0.39 is 0 Å². The second-order valence-corrected chi connectivity index (χ2v) is 3.76. The summed E-state index contributed by atoms with van der Waals surface area (Å²) in [6.45, 7) is 8.37. The van der Waals surface area contributed by atoms with Crippen LogP contribution in [0.5, 0.6) is 0 Å². The minimum absolute atomic E-state index is 0. The smallest absolute Gasteiger partial charge is 0.0716 e. The molecule has 1 rings (SSSR count). The van der Waals surface area contributed by atoms with Crippen LogP contribution >= 0.6 is 0 Å². The van der Waals surface area contributed by atoms with Gasteiger partial charge >= 0.3 is 0 Å². The van der Waals surface area contributed by atoms with Crippen LogP contribution in [0.25, 0.3) is 0 Å². The standard InChI is InChI=1S/C13H21NO.C2H6.H2/c1-2-5-12-6-3-7-13(10-12)11-15-9-4-8-14;1-2;/h3,6-7,10H,2,4-5,8-9,11,14H2,1H3;1-2H3;1H. The molecule has 0 amide bonds. The Hall–Kier alpha value is -0.860. The molecule has 2 heteroatoms. The van der Waals surface area contributed by atoms with E-state index in [1.165, 1.54) is 17.5 Å². The van der Waals surface area contributed by atoms with Crippen molar-refractivity contribution >= 4 is 0 Å². The second kappa shape index (κ2) is 11.6. The van der Waals surface area contributed by atoms with E-state index in [1.54, 1.807) is 0 Å². The van der Waals surface area contributed by atoms with Crippen molar-refractivity contribution in [2.24, 2.45) is 5.73 Å². The molecular formula is C15H29NO. The third-order valence-electron chi connectivity index (χ3n) is 2.29. The van der Waals surface area contributed by atoms with E-state index in [0.29, 0.717) is 13.2 Å². The van der Waals surface area contributed by atoms with Crippen molar-refractivity contribution in [3.05, 3.63) is 35.4 Å². The van der Waals surface area contributed by atoms with Gasteiger partial charge < -0.3 is 10.5 Å². The number of hydrogen-bond donors (Lipinski definition) is 1. The highest BCUT2D eigenvalue weighted by molar-refractivity contribution is 5.22. The maximum Gasteiger partial charge on any atom is 0.0716 e. The molecule has 0 aliphatic rings. The number of rotatable bonds is 7. The third-order valence-corrected chi connectivity index (χ3v) is 2.29. The molecular weight excluding hydrogens is 210 g/mol. The first-order valence-electron chi connectivity index (χ1n) is 6.72. The molecule has 17 heavy (non-hydrogen) atoms. The Bertz CT molecular complexity index is 279. The van der Waals surface area contributed by atoms with Crippen molar-refractivity contribution in [2.75, 3.05) is 13.2 Å². The van der Waals surface area contributed by atoms with Crippen LogP contribution in [0.15, 0.2) is 24.3 Å². The van der Waals surface area contributed by atoms with Crippen molar-refractivity contribution in [1.82, 2.24) is 0 Å². The Balaban J connectivity index is 0. The van der Waals surface area contributed by atoms with Crippen LogP contribution in [0, 0.1) is 0 Å². The minimum atomic E-state index is 0. The van der Waals surface area contributed by atoms with Gasteiger partial charge in [0.25, 0.3) is 0 Å². The summed E-state index contributed by atoms with van der Waals surface area (Å²) >= 11 is 0. The molecule has 0 unspecified atom stereocenters. The van der Waals surface area contributed by atoms with E-state index in [1.807, 2.05) is 13.8 Å². The van der Waals surface area contributed by atoms with Gasteiger partial charge in [-0.15, -0.1) is 0 Å². The normalized spacial score (nSPS) is 9.65. The monoisotopic (exact) mass is 239 g/mol. The number of ether oxygens (including phenoxy) is 1. The zero-order chi connectivity index (χ0) is 12.9. The van der Waals surface area contributed by atoms with Crippen molar-refractivity contribution in [2.45, 2.75) is 46.6 Å². The molecule has 0 bridgehead atoms. The molecule has 100 valence electrons. The maximum atomic E-state index is 5.51. The summed E-state index contributed by atoms with van der Waals surface area (Å²) in [4.78, 5) is 0. The fourth-order valence-electron chi connectivity index (χ4n) is 1.54. The topological polar surface area (TPSA) is 35.2 Å². The van der Waals surface area contributed by atoms with Gasteiger partial charge in [-0.3, -0.25) is 0 Å². The van der Waals surface area contributed by atoms with Crippen LogP contribution in [0.3, 0.4) is 0 Å². The average molecular weight is 239 g/mol. The van der Waals surface area contributed by atoms with Crippen molar-refractivity contribution in [3.8, 4) is 0 Å². The summed E-state index contributed by atoms with van der Waals surface area (Å²) in [6, 6.07) is 8.62. The first-order valence-corrected chi connectivity index (χ1v) is 6.72. The SMILES string of the molecule is CC.CCCc1cccc(COCCCN)c1.[HH]. The number of hydrogen-bond acceptors (Lipinski definition) is 2. The Labute approximate surface area is 108 Å². The van der Waals surface area contributed by atoms with Gasteiger partial charge in [0.05, 0.1) is 6.61 Å². The van der Waals surface area contributed by atoms with E-state index in [4.69, 9.17) is 10.5 Å². The predicted octanol–water partition coefficient (Wildman–Crippen LogP) is 3.78. The van der Waals surface area contributed by atoms with Crippen LogP contribution in [0.4, 0.5) is 0 Å². The molecule has 0 saturated heterocycles. The minimum Gasteiger partial charge on any atom is -0.377 e. The van der Waals surface area contributed by atoms with Gasteiger partial charge in [0.2, 0.25) is 0 Å². The summed E-state index contributed by atoms with van der Waals surface area (Å²) in [5, 5.41) is 0. The van der Waals surface area contributed by atoms with Gasteiger partial charge in [-0.1, -0.05) is 51.5 Å². The van der Waals surface area contributed by atoms with Crippen LogP contribution in [0.2, 0.25) is 0 Å². The Morgan fingerprint density at radius 2 is 1.94 bits per heavy atom. The van der Waals surface area contributed by atoms with Crippen LogP contribution < -0.4 is 5.73 Å². The lowest BCUT2D eigenvalue weighted by Gasteiger charge is -2.05. The van der Waals surface area contributed by atoms with Gasteiger partial charge in [-0.05, 0) is 30.5 Å². The zero-order valence-corrected chi connectivity index (χ0v) is 11.5. The molecule has 0 saturated carbocycles. The number of aryl methyl sites for hydroxylation is 1. The summed E-state index contributed by atoms with van der Waals surface area (Å²) in [7, 11) is 0. The predicted molar refractivity (Wildman–Crippen MR) is 77.2 cm³/mol. The Morgan fingerprint density at radius 3 is 2.59 bits per heavy atom. The molecule has 0 aliphatic carbocycles. The Kier molecular flexibility index (Phi) is 11.0. The third kappa shape index (κ3) is 7.94. The first-order chi connectivity index (χ1) is 8.36. The highest BCUT2D eigenvalue weighted by Crippen LogP contribution is 2.08. The van der Waals surface area contributed by atoms with Crippen molar-refractivity contribution in [3.63, 3.8) is 0 Å². The molecule has 0 fully saturated rings. The molecule has 0 heterocycles. The lowest BCUT2D eigenvalue weighted by molar-refractivity contribution is 0.120. The van der Waals surface area contributed by atoms with E-state index in [9.17, 15) is 0 Å². The molecule has 2 N–H and O–H groups in total. The van der Waals surface area contributed by atoms with Gasteiger partial charge in [-0.2, -0.15) is 0 Å². The molecule has 0 aliphatic heterocycles. The molecule has 1 aromatic carbocycles. The lowest BCUT2D eigenvalue weighted by Crippen LogP contribution is -2.04. The van der Waals surface area contributed by atoms with Gasteiger partial charge in [-0.25, -0.2) is 0 Å². The highest BCUT2D eigenvalue weighted by atomic mass is 16.5. The molecule has 0 radical (unpaired) electrons. The summed E-state index contributed by atoms with van der Waals surface area (Å²) in [5.74, 6) is 0. The second-order valence-electron chi connectivity index (χ2n) is 3.76. The molecule has 0 aromatic heterocycles. The largest absolute Gasteiger partial charge is 0.377 e. The van der Waals surface area contributed by atoms with Crippen LogP contribution in [-0.4, -0.2) is 13.2 Å². The van der Waals surface area contributed by atoms with Crippen LogP contribution in [-0.2, 0) is 17.8 Å². The average Bonchev–Trinajstić information content (AvgIpc) is 2.38. The van der Waals surface area contributed by atoms with Gasteiger partial charge in [0, 0.05) is 8.03 Å². The Morgan fingerprint density at radius 1 is 1.24 bits per heavy atom. The fourth-order valence-corrected chi connectivity index (χ4v) is 1.54. The summed E-state index contributed by atoms with van der Waals surface area (Å²) in [6.07, 6.45) is 3.28. The summed E-state index contributed by atoms with van der Waals surface area (Å²) < 4.78 is 5.51. The van der Waals surface area contributed by atoms with Crippen LogP contribution in [0.1, 0.15) is 46.2 Å². The van der Waals surface area contributed by atoms with E-state index in [2.05, 4.69) is 31.2 Å².